The van der Waals surface area contributed by atoms with Gasteiger partial charge in [0.05, 0.1) is 0 Å². The Morgan fingerprint density at radius 2 is 1.94 bits per heavy atom. The van der Waals surface area contributed by atoms with Gasteiger partial charge in [-0.25, -0.2) is 0 Å². The lowest BCUT2D eigenvalue weighted by Gasteiger charge is -2.15. The third-order valence-corrected chi connectivity index (χ3v) is 3.49. The Hall–Kier alpha value is -1.53. The van der Waals surface area contributed by atoms with Gasteiger partial charge < -0.3 is 10.6 Å². The van der Waals surface area contributed by atoms with Crippen molar-refractivity contribution < 1.29 is 0 Å². The first-order chi connectivity index (χ1) is 8.08. The molecule has 2 aromatic rings. The highest BCUT2D eigenvalue weighted by atomic mass is 32.1. The Morgan fingerprint density at radius 3 is 2.41 bits per heavy atom. The van der Waals surface area contributed by atoms with Crippen molar-refractivity contribution >= 4 is 39.4 Å². The van der Waals surface area contributed by atoms with E-state index in [9.17, 15) is 0 Å². The first-order valence-corrected chi connectivity index (χ1v) is 6.24. The molecule has 0 fully saturated rings. The van der Waals surface area contributed by atoms with Crippen molar-refractivity contribution in [2.75, 3.05) is 11.9 Å². The maximum atomic E-state index is 5.55. The van der Waals surface area contributed by atoms with Crippen molar-refractivity contribution in [1.82, 2.24) is 10.2 Å². The minimum absolute atomic E-state index is 0.408. The monoisotopic (exact) mass is 264 g/mol. The highest BCUT2D eigenvalue weighted by Gasteiger charge is 2.08. The molecule has 17 heavy (non-hydrogen) atoms. The summed E-state index contributed by atoms with van der Waals surface area (Å²) in [7, 11) is 1.95. The van der Waals surface area contributed by atoms with Crippen LogP contribution in [0.3, 0.4) is 0 Å². The molecule has 0 aliphatic rings. The predicted molar refractivity (Wildman–Crippen MR) is 75.0 cm³/mol. The van der Waals surface area contributed by atoms with Gasteiger partial charge in [0, 0.05) is 18.3 Å². The number of aromatic nitrogens is 2. The van der Waals surface area contributed by atoms with Crippen LogP contribution < -0.4 is 10.6 Å². The minimum atomic E-state index is 0.408. The normalized spacial score (nSPS) is 10.2. The fraction of sp³-hybridized carbons (Fsp3) is 0.182. The number of nitrogens with zero attached hydrogens (tertiary/aromatic N) is 3. The van der Waals surface area contributed by atoms with Crippen LogP contribution in [-0.2, 0) is 0 Å². The van der Waals surface area contributed by atoms with E-state index in [-0.39, 0.29) is 0 Å². The molecular formula is C11H12N4S2. The van der Waals surface area contributed by atoms with Crippen LogP contribution >= 0.6 is 23.6 Å². The smallest absolute Gasteiger partial charge is 0.212 e. The van der Waals surface area contributed by atoms with Crippen molar-refractivity contribution in [2.24, 2.45) is 5.73 Å². The summed E-state index contributed by atoms with van der Waals surface area (Å²) >= 11 is 6.47. The van der Waals surface area contributed by atoms with Gasteiger partial charge in [-0.2, -0.15) is 0 Å². The molecule has 0 atom stereocenters. The van der Waals surface area contributed by atoms with Gasteiger partial charge in [0.2, 0.25) is 5.13 Å². The zero-order valence-electron chi connectivity index (χ0n) is 9.54. The van der Waals surface area contributed by atoms with Gasteiger partial charge in [-0.1, -0.05) is 23.6 Å². The molecule has 0 aliphatic carbocycles. The predicted octanol–water partition coefficient (Wildman–Crippen LogP) is 2.25. The lowest BCUT2D eigenvalue weighted by atomic mass is 10.2. The summed E-state index contributed by atoms with van der Waals surface area (Å²) in [5.41, 5.74) is 7.45. The van der Waals surface area contributed by atoms with Crippen LogP contribution in [0.5, 0.6) is 0 Å². The number of aryl methyl sites for hydroxylation is 1. The van der Waals surface area contributed by atoms with Crippen LogP contribution in [0.1, 0.15) is 10.6 Å². The van der Waals surface area contributed by atoms with Gasteiger partial charge in [-0.3, -0.25) is 0 Å². The molecular weight excluding hydrogens is 252 g/mol. The maximum absolute atomic E-state index is 5.55. The second-order valence-electron chi connectivity index (χ2n) is 3.57. The van der Waals surface area contributed by atoms with Crippen LogP contribution in [0.15, 0.2) is 24.3 Å². The van der Waals surface area contributed by atoms with Gasteiger partial charge in [0.1, 0.15) is 10.00 Å². The van der Waals surface area contributed by atoms with Gasteiger partial charge >= 0.3 is 0 Å². The molecule has 0 saturated carbocycles. The Balaban J connectivity index is 2.25. The molecule has 0 saturated heterocycles. The van der Waals surface area contributed by atoms with Crippen LogP contribution in [0.4, 0.5) is 10.8 Å². The highest BCUT2D eigenvalue weighted by molar-refractivity contribution is 7.80. The van der Waals surface area contributed by atoms with E-state index in [0.29, 0.717) is 4.99 Å². The molecule has 2 N–H and O–H groups in total. The molecule has 0 amide bonds. The Morgan fingerprint density at radius 1 is 1.29 bits per heavy atom. The molecule has 1 heterocycles. The van der Waals surface area contributed by atoms with E-state index in [1.807, 2.05) is 43.1 Å². The van der Waals surface area contributed by atoms with Crippen molar-refractivity contribution in [2.45, 2.75) is 6.92 Å². The lowest BCUT2D eigenvalue weighted by molar-refractivity contribution is 1.02. The summed E-state index contributed by atoms with van der Waals surface area (Å²) < 4.78 is 0. The van der Waals surface area contributed by atoms with Gasteiger partial charge in [-0.05, 0) is 31.2 Å². The fourth-order valence-corrected chi connectivity index (χ4v) is 2.19. The largest absolute Gasteiger partial charge is 0.389 e. The summed E-state index contributed by atoms with van der Waals surface area (Å²) in [5.74, 6) is 0. The number of thiocarbonyl (C=S) groups is 1. The molecule has 2 rings (SSSR count). The molecule has 0 bridgehead atoms. The zero-order valence-corrected chi connectivity index (χ0v) is 11.2. The van der Waals surface area contributed by atoms with Crippen LogP contribution in [0.25, 0.3) is 0 Å². The number of rotatable bonds is 3. The van der Waals surface area contributed by atoms with E-state index in [0.717, 1.165) is 21.4 Å². The Bertz CT molecular complexity index is 533. The van der Waals surface area contributed by atoms with Crippen LogP contribution in [0, 0.1) is 6.92 Å². The third kappa shape index (κ3) is 2.59. The summed E-state index contributed by atoms with van der Waals surface area (Å²) in [6, 6.07) is 7.74. The first kappa shape index (κ1) is 11.9. The molecule has 0 aliphatic heterocycles. The quantitative estimate of drug-likeness (QED) is 0.862. The molecule has 6 heteroatoms. The molecule has 0 spiro atoms. The molecule has 0 unspecified atom stereocenters. The molecule has 88 valence electrons. The highest BCUT2D eigenvalue weighted by Crippen LogP contribution is 2.26. The van der Waals surface area contributed by atoms with Crippen molar-refractivity contribution in [3.05, 3.63) is 34.8 Å². The van der Waals surface area contributed by atoms with Gasteiger partial charge in [0.15, 0.2) is 0 Å². The molecule has 1 aromatic carbocycles. The average molecular weight is 264 g/mol. The Kier molecular flexibility index (Phi) is 3.35. The van der Waals surface area contributed by atoms with E-state index in [1.165, 1.54) is 0 Å². The van der Waals surface area contributed by atoms with Crippen molar-refractivity contribution in [3.63, 3.8) is 0 Å². The van der Waals surface area contributed by atoms with E-state index in [1.54, 1.807) is 11.3 Å². The van der Waals surface area contributed by atoms with E-state index < -0.39 is 0 Å². The second kappa shape index (κ2) is 4.77. The van der Waals surface area contributed by atoms with Crippen molar-refractivity contribution in [3.8, 4) is 0 Å². The van der Waals surface area contributed by atoms with Crippen LogP contribution in [0.2, 0.25) is 0 Å². The maximum Gasteiger partial charge on any atom is 0.212 e. The molecule has 4 nitrogen and oxygen atoms in total. The summed E-state index contributed by atoms with van der Waals surface area (Å²) in [5, 5.41) is 9.91. The number of anilines is 2. The van der Waals surface area contributed by atoms with Gasteiger partial charge in [-0.15, -0.1) is 10.2 Å². The molecule has 1 aromatic heterocycles. The van der Waals surface area contributed by atoms with E-state index >= 15 is 0 Å². The summed E-state index contributed by atoms with van der Waals surface area (Å²) in [6.45, 7) is 1.94. The van der Waals surface area contributed by atoms with Crippen LogP contribution in [-0.4, -0.2) is 22.2 Å². The van der Waals surface area contributed by atoms with Gasteiger partial charge in [0.25, 0.3) is 0 Å². The number of benzene rings is 1. The zero-order chi connectivity index (χ0) is 12.4. The number of hydrogen-bond donors (Lipinski definition) is 1. The van der Waals surface area contributed by atoms with E-state index in [4.69, 9.17) is 18.0 Å². The average Bonchev–Trinajstić information content (AvgIpc) is 2.75. The topological polar surface area (TPSA) is 55.0 Å². The second-order valence-corrected chi connectivity index (χ2v) is 5.17. The molecule has 0 radical (unpaired) electrons. The number of nitrogens with two attached hydrogens (primary N) is 1. The third-order valence-electron chi connectivity index (χ3n) is 2.34. The standard InChI is InChI=1S/C11H12N4S2/c1-7-13-14-11(17-7)15(2)9-5-3-8(4-6-9)10(12)16/h3-6H,1-2H3,(H2,12,16). The summed E-state index contributed by atoms with van der Waals surface area (Å²) in [4.78, 5) is 2.39. The minimum Gasteiger partial charge on any atom is -0.389 e. The lowest BCUT2D eigenvalue weighted by Crippen LogP contribution is -2.11. The SMILES string of the molecule is Cc1nnc(N(C)c2ccc(C(N)=S)cc2)s1. The fourth-order valence-electron chi connectivity index (χ4n) is 1.38. The number of hydrogen-bond acceptors (Lipinski definition) is 5. The summed E-state index contributed by atoms with van der Waals surface area (Å²) in [6.07, 6.45) is 0. The first-order valence-electron chi connectivity index (χ1n) is 5.01. The van der Waals surface area contributed by atoms with E-state index in [2.05, 4.69) is 10.2 Å². The van der Waals surface area contributed by atoms with Crippen molar-refractivity contribution in [1.29, 1.82) is 0 Å². The Labute approximate surface area is 109 Å².